The predicted octanol–water partition coefficient (Wildman–Crippen LogP) is -0.935. The molecule has 2 saturated heterocycles. The van der Waals surface area contributed by atoms with Crippen LogP contribution in [0.5, 0.6) is 0 Å². The summed E-state index contributed by atoms with van der Waals surface area (Å²) in [4.78, 5) is 22.9. The molecule has 2 aliphatic rings. The molecule has 0 aromatic rings. The summed E-state index contributed by atoms with van der Waals surface area (Å²) in [5, 5.41) is 2.64. The summed E-state index contributed by atoms with van der Waals surface area (Å²) < 4.78 is 0. The van der Waals surface area contributed by atoms with E-state index in [0.29, 0.717) is 12.8 Å². The van der Waals surface area contributed by atoms with Gasteiger partial charge < -0.3 is 10.2 Å². The highest BCUT2D eigenvalue weighted by Gasteiger charge is 2.38. The molecule has 4 nitrogen and oxygen atoms in total. The SMILES string of the molecule is O=C1CC(N2CCC2=O)N1. The van der Waals surface area contributed by atoms with Crippen LogP contribution in [0.15, 0.2) is 0 Å². The standard InChI is InChI=1S/C6H8N2O2/c9-5-3-4(7-5)8-2-1-6(8)10/h4H,1-3H2,(H,7,9). The van der Waals surface area contributed by atoms with E-state index < -0.39 is 0 Å². The van der Waals surface area contributed by atoms with Crippen molar-refractivity contribution in [2.75, 3.05) is 6.54 Å². The molecule has 2 heterocycles. The molecule has 1 atom stereocenters. The molecule has 0 bridgehead atoms. The molecule has 0 aromatic heterocycles. The van der Waals surface area contributed by atoms with Gasteiger partial charge in [0.1, 0.15) is 6.17 Å². The summed E-state index contributed by atoms with van der Waals surface area (Å²) in [5.74, 6) is 0.203. The van der Waals surface area contributed by atoms with Crippen molar-refractivity contribution in [1.82, 2.24) is 10.2 Å². The molecule has 10 heavy (non-hydrogen) atoms. The van der Waals surface area contributed by atoms with Crippen molar-refractivity contribution >= 4 is 11.8 Å². The Morgan fingerprint density at radius 1 is 1.50 bits per heavy atom. The first kappa shape index (κ1) is 5.70. The minimum atomic E-state index is 0.0220. The monoisotopic (exact) mass is 140 g/mol. The molecule has 2 aliphatic heterocycles. The Kier molecular flexibility index (Phi) is 0.977. The van der Waals surface area contributed by atoms with Crippen molar-refractivity contribution in [2.45, 2.75) is 19.0 Å². The molecule has 4 heteroatoms. The van der Waals surface area contributed by atoms with Gasteiger partial charge in [0.05, 0.1) is 6.42 Å². The van der Waals surface area contributed by atoms with Gasteiger partial charge in [0.25, 0.3) is 0 Å². The van der Waals surface area contributed by atoms with E-state index in [9.17, 15) is 9.59 Å². The van der Waals surface area contributed by atoms with Crippen LogP contribution in [0.2, 0.25) is 0 Å². The fraction of sp³-hybridized carbons (Fsp3) is 0.667. The Bertz CT molecular complexity index is 194. The third-order valence-electron chi connectivity index (χ3n) is 1.97. The molecule has 0 radical (unpaired) electrons. The number of rotatable bonds is 1. The van der Waals surface area contributed by atoms with Crippen LogP contribution in [0.3, 0.4) is 0 Å². The van der Waals surface area contributed by atoms with Crippen LogP contribution in [0.4, 0.5) is 0 Å². The molecular weight excluding hydrogens is 132 g/mol. The van der Waals surface area contributed by atoms with Crippen LogP contribution in [0.1, 0.15) is 12.8 Å². The van der Waals surface area contributed by atoms with Crippen LogP contribution in [-0.4, -0.2) is 29.4 Å². The highest BCUT2D eigenvalue weighted by atomic mass is 16.2. The Hall–Kier alpha value is -1.06. The van der Waals surface area contributed by atoms with Gasteiger partial charge in [-0.25, -0.2) is 0 Å². The molecule has 0 saturated carbocycles. The summed E-state index contributed by atoms with van der Waals surface area (Å²) in [5.41, 5.74) is 0. The van der Waals surface area contributed by atoms with Gasteiger partial charge in [0.2, 0.25) is 11.8 Å². The van der Waals surface area contributed by atoms with Crippen molar-refractivity contribution in [3.63, 3.8) is 0 Å². The van der Waals surface area contributed by atoms with Crippen molar-refractivity contribution in [1.29, 1.82) is 0 Å². The largest absolute Gasteiger partial charge is 0.335 e. The maximum Gasteiger partial charge on any atom is 0.226 e. The van der Waals surface area contributed by atoms with Gasteiger partial charge in [-0.1, -0.05) is 0 Å². The number of likely N-dealkylation sites (tertiary alicyclic amines) is 1. The molecular formula is C6H8N2O2. The molecule has 2 rings (SSSR count). The van der Waals surface area contributed by atoms with Gasteiger partial charge in [0.15, 0.2) is 0 Å². The zero-order valence-electron chi connectivity index (χ0n) is 5.46. The molecule has 1 unspecified atom stereocenters. The smallest absolute Gasteiger partial charge is 0.226 e. The van der Waals surface area contributed by atoms with E-state index in [4.69, 9.17) is 0 Å². The van der Waals surface area contributed by atoms with Gasteiger partial charge in [-0.05, 0) is 0 Å². The fourth-order valence-corrected chi connectivity index (χ4v) is 1.19. The lowest BCUT2D eigenvalue weighted by Crippen LogP contribution is -2.64. The number of nitrogens with one attached hydrogen (secondary N) is 1. The number of carbonyl (C=O) groups is 2. The summed E-state index contributed by atoms with van der Waals surface area (Å²) >= 11 is 0. The topological polar surface area (TPSA) is 49.4 Å². The second kappa shape index (κ2) is 1.71. The number of β-lactam (4-membered cyclic amide) rings is 2. The van der Waals surface area contributed by atoms with Gasteiger partial charge in [-0.3, -0.25) is 9.59 Å². The molecule has 54 valence electrons. The highest BCUT2D eigenvalue weighted by Crippen LogP contribution is 2.18. The van der Waals surface area contributed by atoms with Gasteiger partial charge in [-0.15, -0.1) is 0 Å². The van der Waals surface area contributed by atoms with E-state index in [-0.39, 0.29) is 18.0 Å². The van der Waals surface area contributed by atoms with E-state index in [1.165, 1.54) is 0 Å². The lowest BCUT2D eigenvalue weighted by molar-refractivity contribution is -0.151. The van der Waals surface area contributed by atoms with E-state index in [1.807, 2.05) is 0 Å². The van der Waals surface area contributed by atoms with Crippen molar-refractivity contribution in [2.24, 2.45) is 0 Å². The first-order valence-corrected chi connectivity index (χ1v) is 3.36. The van der Waals surface area contributed by atoms with Crippen LogP contribution < -0.4 is 5.32 Å². The number of hydrogen-bond donors (Lipinski definition) is 1. The molecule has 0 aliphatic carbocycles. The van der Waals surface area contributed by atoms with Crippen LogP contribution in [-0.2, 0) is 9.59 Å². The van der Waals surface area contributed by atoms with Crippen LogP contribution >= 0.6 is 0 Å². The van der Waals surface area contributed by atoms with E-state index >= 15 is 0 Å². The molecule has 2 fully saturated rings. The average molecular weight is 140 g/mol. The minimum Gasteiger partial charge on any atom is -0.335 e. The summed E-state index contributed by atoms with van der Waals surface area (Å²) in [7, 11) is 0. The third kappa shape index (κ3) is 0.616. The molecule has 0 spiro atoms. The molecule has 1 N–H and O–H groups in total. The first-order valence-electron chi connectivity index (χ1n) is 3.36. The zero-order chi connectivity index (χ0) is 7.14. The minimum absolute atomic E-state index is 0.0220. The fourth-order valence-electron chi connectivity index (χ4n) is 1.19. The van der Waals surface area contributed by atoms with Crippen LogP contribution in [0.25, 0.3) is 0 Å². The van der Waals surface area contributed by atoms with Crippen LogP contribution in [0, 0.1) is 0 Å². The van der Waals surface area contributed by atoms with Gasteiger partial charge in [-0.2, -0.15) is 0 Å². The normalized spacial score (nSPS) is 30.8. The van der Waals surface area contributed by atoms with Gasteiger partial charge in [0, 0.05) is 13.0 Å². The van der Waals surface area contributed by atoms with Gasteiger partial charge >= 0.3 is 0 Å². The summed E-state index contributed by atoms with van der Waals surface area (Å²) in [6, 6.07) is 0. The maximum absolute atomic E-state index is 10.7. The zero-order valence-corrected chi connectivity index (χ0v) is 5.46. The number of hydrogen-bond acceptors (Lipinski definition) is 2. The summed E-state index contributed by atoms with van der Waals surface area (Å²) in [6.45, 7) is 0.809. The molecule has 0 aromatic carbocycles. The Balaban J connectivity index is 1.90. The summed E-state index contributed by atoms with van der Waals surface area (Å²) in [6.07, 6.45) is 1.16. The lowest BCUT2D eigenvalue weighted by atomic mass is 10.1. The van der Waals surface area contributed by atoms with E-state index in [2.05, 4.69) is 5.32 Å². The quantitative estimate of drug-likeness (QED) is 0.478. The lowest BCUT2D eigenvalue weighted by Gasteiger charge is -2.42. The average Bonchev–Trinajstić information content (AvgIpc) is 1.82. The van der Waals surface area contributed by atoms with E-state index in [0.717, 1.165) is 6.54 Å². The number of nitrogens with zero attached hydrogens (tertiary/aromatic N) is 1. The number of carbonyl (C=O) groups excluding carboxylic acids is 2. The Labute approximate surface area is 58.2 Å². The van der Waals surface area contributed by atoms with Crippen molar-refractivity contribution in [3.8, 4) is 0 Å². The third-order valence-corrected chi connectivity index (χ3v) is 1.97. The maximum atomic E-state index is 10.7. The number of amides is 2. The van der Waals surface area contributed by atoms with Crippen molar-refractivity contribution < 1.29 is 9.59 Å². The Morgan fingerprint density at radius 3 is 2.50 bits per heavy atom. The second-order valence-corrected chi connectivity index (χ2v) is 2.62. The second-order valence-electron chi connectivity index (χ2n) is 2.62. The highest BCUT2D eigenvalue weighted by molar-refractivity contribution is 5.87. The van der Waals surface area contributed by atoms with E-state index in [1.54, 1.807) is 4.90 Å². The molecule has 2 amide bonds. The van der Waals surface area contributed by atoms with Crippen molar-refractivity contribution in [3.05, 3.63) is 0 Å². The predicted molar refractivity (Wildman–Crippen MR) is 32.9 cm³/mol. The first-order chi connectivity index (χ1) is 4.77. The Morgan fingerprint density at radius 2 is 2.20 bits per heavy atom.